The molecule has 0 spiro atoms. The largest absolute Gasteiger partial charge is 0.453 e. The number of rotatable bonds is 10. The number of aromatic nitrogens is 5. The number of ether oxygens (including phenoxy) is 1. The highest BCUT2D eigenvalue weighted by atomic mass is 16.5. The van der Waals surface area contributed by atoms with Gasteiger partial charge in [0.15, 0.2) is 5.58 Å². The van der Waals surface area contributed by atoms with Crippen LogP contribution in [0.1, 0.15) is 50.2 Å². The van der Waals surface area contributed by atoms with E-state index in [9.17, 15) is 19.2 Å². The lowest BCUT2D eigenvalue weighted by atomic mass is 9.93. The summed E-state index contributed by atoms with van der Waals surface area (Å²) >= 11 is 0. The summed E-state index contributed by atoms with van der Waals surface area (Å²) < 4.78 is 17.4. The molecular weight excluding hydrogens is 582 g/mol. The summed E-state index contributed by atoms with van der Waals surface area (Å²) in [6, 6.07) is 15.0. The Kier molecular flexibility index (Phi) is 8.57. The van der Waals surface area contributed by atoms with Crippen molar-refractivity contribution in [3.63, 3.8) is 0 Å². The van der Waals surface area contributed by atoms with Crippen molar-refractivity contribution in [3.05, 3.63) is 88.8 Å². The summed E-state index contributed by atoms with van der Waals surface area (Å²) in [6.45, 7) is 6.56. The quantitative estimate of drug-likeness (QED) is 0.217. The molecular formula is C31H31N7O7. The van der Waals surface area contributed by atoms with Gasteiger partial charge < -0.3 is 18.9 Å². The molecule has 0 fully saturated rings. The number of nitrogens with one attached hydrogen (secondary N) is 2. The molecule has 14 nitrogen and oxygen atoms in total. The molecule has 3 heterocycles. The van der Waals surface area contributed by atoms with E-state index in [0.717, 1.165) is 11.7 Å². The van der Waals surface area contributed by atoms with E-state index in [-0.39, 0.29) is 23.5 Å². The molecule has 0 aliphatic heterocycles. The molecule has 0 aliphatic rings. The molecule has 2 N–H and O–H groups in total. The Morgan fingerprint density at radius 2 is 1.69 bits per heavy atom. The number of hydrogen-bond acceptors (Lipinski definition) is 11. The molecule has 0 unspecified atom stereocenters. The van der Waals surface area contributed by atoms with Crippen LogP contribution in [0.25, 0.3) is 22.4 Å². The minimum absolute atomic E-state index is 0.104. The highest BCUT2D eigenvalue weighted by Gasteiger charge is 2.37. The molecule has 2 aromatic carbocycles. The second-order valence-corrected chi connectivity index (χ2v) is 11.0. The predicted molar refractivity (Wildman–Crippen MR) is 161 cm³/mol. The normalized spacial score (nSPS) is 12.2. The van der Waals surface area contributed by atoms with Crippen LogP contribution in [0, 0.1) is 5.92 Å². The van der Waals surface area contributed by atoms with E-state index in [1.807, 2.05) is 18.2 Å². The number of carbonyl (C=O) groups is 3. The molecule has 1 atom stereocenters. The fourth-order valence-electron chi connectivity index (χ4n) is 4.55. The number of benzene rings is 2. The number of nitrogens with zero attached hydrogens (tertiary/aromatic N) is 5. The first-order chi connectivity index (χ1) is 21.5. The van der Waals surface area contributed by atoms with Crippen LogP contribution in [0.2, 0.25) is 0 Å². The maximum absolute atomic E-state index is 13.6. The van der Waals surface area contributed by atoms with E-state index in [1.165, 1.54) is 6.20 Å². The Morgan fingerprint density at radius 3 is 2.38 bits per heavy atom. The Bertz CT molecular complexity index is 1890. The van der Waals surface area contributed by atoms with Crippen molar-refractivity contribution in [1.82, 2.24) is 30.0 Å². The van der Waals surface area contributed by atoms with Crippen LogP contribution in [0.4, 0.5) is 10.6 Å². The lowest BCUT2D eigenvalue weighted by molar-refractivity contribution is -0.122. The maximum Gasteiger partial charge on any atom is 0.412 e. The van der Waals surface area contributed by atoms with Crippen molar-refractivity contribution < 1.29 is 28.0 Å². The van der Waals surface area contributed by atoms with Crippen LogP contribution in [-0.4, -0.2) is 55.7 Å². The van der Waals surface area contributed by atoms with Gasteiger partial charge in [-0.3, -0.25) is 24.3 Å². The number of Topliss-reactive ketones (excluding diaryl/α,β-unsaturated/α-hetero) is 1. The first-order valence-corrected chi connectivity index (χ1v) is 14.0. The second kappa shape index (κ2) is 12.5. The number of carbonyl (C=O) groups excluding carboxylic acids is 3. The fourth-order valence-corrected chi connectivity index (χ4v) is 4.55. The van der Waals surface area contributed by atoms with Gasteiger partial charge in [-0.2, -0.15) is 0 Å². The van der Waals surface area contributed by atoms with Gasteiger partial charge in [-0.05, 0) is 37.5 Å². The molecule has 0 aliphatic carbocycles. The molecule has 0 bridgehead atoms. The number of ketones is 1. The van der Waals surface area contributed by atoms with Gasteiger partial charge in [0.2, 0.25) is 29.3 Å². The van der Waals surface area contributed by atoms with Crippen molar-refractivity contribution in [2.45, 2.75) is 45.7 Å². The van der Waals surface area contributed by atoms with Gasteiger partial charge in [-0.25, -0.2) is 14.8 Å². The molecule has 0 radical (unpaired) electrons. The zero-order valence-corrected chi connectivity index (χ0v) is 25.2. The standard InChI is InChI=1S/C31H31N7O7/c1-17(2)23(24(40)26-36-37-29(45-26)31(3,4)28-33-19-13-9-10-14-21(19)44-28)34-22(39)16-38-20(18-11-7-6-8-12-18)15-32-25(27(38)41)35-30(42)43-5/h6-15,17,23H,16H2,1-5H3,(H,34,39)(H,32,35,42)/t23-/m1/s1. The van der Waals surface area contributed by atoms with Crippen molar-refractivity contribution in [3.8, 4) is 11.3 Å². The summed E-state index contributed by atoms with van der Waals surface area (Å²) in [4.78, 5) is 60.6. The number of amides is 2. The summed E-state index contributed by atoms with van der Waals surface area (Å²) in [6.07, 6.45) is 0.464. The van der Waals surface area contributed by atoms with E-state index in [4.69, 9.17) is 8.83 Å². The monoisotopic (exact) mass is 613 g/mol. The van der Waals surface area contributed by atoms with Crippen molar-refractivity contribution in [2.75, 3.05) is 12.4 Å². The van der Waals surface area contributed by atoms with Crippen LogP contribution in [-0.2, 0) is 21.5 Å². The van der Waals surface area contributed by atoms with E-state index >= 15 is 0 Å². The number of hydrogen-bond donors (Lipinski definition) is 2. The SMILES string of the molecule is COC(=O)Nc1ncc(-c2ccccc2)n(CC(=O)N[C@@H](C(=O)c2nnc(C(C)(C)c3nc4ccccc4o3)o2)C(C)C)c1=O. The zero-order valence-electron chi connectivity index (χ0n) is 25.2. The van der Waals surface area contributed by atoms with Crippen molar-refractivity contribution in [2.24, 2.45) is 5.92 Å². The van der Waals surface area contributed by atoms with Gasteiger partial charge in [0.25, 0.3) is 11.4 Å². The third-order valence-electron chi connectivity index (χ3n) is 7.10. The van der Waals surface area contributed by atoms with Crippen LogP contribution < -0.4 is 16.2 Å². The summed E-state index contributed by atoms with van der Waals surface area (Å²) in [7, 11) is 1.14. The van der Waals surface area contributed by atoms with E-state index in [2.05, 4.69) is 35.5 Å². The molecule has 232 valence electrons. The highest BCUT2D eigenvalue weighted by molar-refractivity contribution is 5.98. The van der Waals surface area contributed by atoms with Gasteiger partial charge in [0.1, 0.15) is 17.5 Å². The Labute approximate surface area is 256 Å². The number of oxazole rings is 1. The minimum Gasteiger partial charge on any atom is -0.453 e. The molecule has 2 amide bonds. The van der Waals surface area contributed by atoms with Crippen LogP contribution in [0.3, 0.4) is 0 Å². The molecule has 45 heavy (non-hydrogen) atoms. The summed E-state index contributed by atoms with van der Waals surface area (Å²) in [5.74, 6) is -1.84. The molecule has 0 saturated heterocycles. The topological polar surface area (TPSA) is 184 Å². The lowest BCUT2D eigenvalue weighted by Gasteiger charge is -2.21. The molecule has 14 heteroatoms. The fraction of sp³-hybridized carbons (Fsp3) is 0.290. The number of anilines is 1. The maximum atomic E-state index is 13.6. The molecule has 0 saturated carbocycles. The van der Waals surface area contributed by atoms with Gasteiger partial charge in [-0.15, -0.1) is 10.2 Å². The van der Waals surface area contributed by atoms with E-state index in [0.29, 0.717) is 28.2 Å². The average molecular weight is 614 g/mol. The Balaban J connectivity index is 1.39. The third kappa shape index (κ3) is 6.34. The van der Waals surface area contributed by atoms with Gasteiger partial charge in [0, 0.05) is 0 Å². The second-order valence-electron chi connectivity index (χ2n) is 11.0. The zero-order chi connectivity index (χ0) is 32.3. The van der Waals surface area contributed by atoms with Crippen LogP contribution in [0.5, 0.6) is 0 Å². The number of fused-ring (bicyclic) bond motifs is 1. The predicted octanol–water partition coefficient (Wildman–Crippen LogP) is 3.96. The van der Waals surface area contributed by atoms with Gasteiger partial charge in [0.05, 0.1) is 25.0 Å². The molecule has 5 rings (SSSR count). The van der Waals surface area contributed by atoms with Crippen LogP contribution >= 0.6 is 0 Å². The minimum atomic E-state index is -1.07. The van der Waals surface area contributed by atoms with Gasteiger partial charge >= 0.3 is 6.09 Å². The molecule has 3 aromatic heterocycles. The summed E-state index contributed by atoms with van der Waals surface area (Å²) in [5.41, 5.74) is 0.476. The highest BCUT2D eigenvalue weighted by Crippen LogP contribution is 2.32. The van der Waals surface area contributed by atoms with Crippen molar-refractivity contribution >= 4 is 34.7 Å². The Morgan fingerprint density at radius 1 is 0.978 bits per heavy atom. The van der Waals surface area contributed by atoms with E-state index in [1.54, 1.807) is 64.1 Å². The van der Waals surface area contributed by atoms with Gasteiger partial charge in [-0.1, -0.05) is 56.3 Å². The Hall–Kier alpha value is -5.66. The lowest BCUT2D eigenvalue weighted by Crippen LogP contribution is -2.46. The number of methoxy groups -OCH3 is 1. The number of para-hydroxylation sites is 2. The first kappa shape index (κ1) is 30.8. The smallest absolute Gasteiger partial charge is 0.412 e. The first-order valence-electron chi connectivity index (χ1n) is 14.0. The van der Waals surface area contributed by atoms with Crippen LogP contribution in [0.15, 0.2) is 74.4 Å². The third-order valence-corrected chi connectivity index (χ3v) is 7.10. The average Bonchev–Trinajstić information content (AvgIpc) is 3.71. The van der Waals surface area contributed by atoms with Crippen molar-refractivity contribution in [1.29, 1.82) is 0 Å². The summed E-state index contributed by atoms with van der Waals surface area (Å²) in [5, 5.41) is 13.0. The van der Waals surface area contributed by atoms with E-state index < -0.39 is 41.3 Å². The molecule has 5 aromatic rings.